The summed E-state index contributed by atoms with van der Waals surface area (Å²) in [4.78, 5) is 4.30. The highest BCUT2D eigenvalue weighted by Crippen LogP contribution is 2.22. The third kappa shape index (κ3) is 2.94. The number of aromatic nitrogens is 1. The Morgan fingerprint density at radius 3 is 2.94 bits per heavy atom. The molecule has 0 amide bonds. The molecule has 17 heavy (non-hydrogen) atoms. The molecule has 1 heterocycles. The topological polar surface area (TPSA) is 34.1 Å². The lowest BCUT2D eigenvalue weighted by Gasteiger charge is -2.07. The number of aryl methyl sites for hydroxylation is 1. The second kappa shape index (κ2) is 5.14. The Balaban J connectivity index is 2.07. The Bertz CT molecular complexity index is 513. The van der Waals surface area contributed by atoms with Crippen LogP contribution in [0.4, 0.5) is 10.1 Å². The molecule has 0 atom stereocenters. The van der Waals surface area contributed by atoms with Gasteiger partial charge in [0.25, 0.3) is 0 Å². The first kappa shape index (κ1) is 11.9. The molecular formula is C12H13FN2OS. The molecule has 90 valence electrons. The molecule has 5 heteroatoms. The van der Waals surface area contributed by atoms with E-state index in [-0.39, 0.29) is 5.82 Å². The largest absolute Gasteiger partial charge is 0.497 e. The van der Waals surface area contributed by atoms with Crippen LogP contribution in [0.25, 0.3) is 0 Å². The number of ether oxygens (including phenoxy) is 1. The summed E-state index contributed by atoms with van der Waals surface area (Å²) in [6.45, 7) is 2.45. The average molecular weight is 252 g/mol. The van der Waals surface area contributed by atoms with Crippen molar-refractivity contribution in [2.24, 2.45) is 0 Å². The van der Waals surface area contributed by atoms with E-state index in [9.17, 15) is 4.39 Å². The van der Waals surface area contributed by atoms with Gasteiger partial charge in [-0.15, -0.1) is 11.3 Å². The number of rotatable bonds is 4. The first-order valence-electron chi connectivity index (χ1n) is 5.17. The lowest BCUT2D eigenvalue weighted by atomic mass is 10.3. The monoisotopic (exact) mass is 252 g/mol. The van der Waals surface area contributed by atoms with Crippen molar-refractivity contribution >= 4 is 17.0 Å². The maximum Gasteiger partial charge on any atom is 0.146 e. The molecule has 0 spiro atoms. The number of thiazole rings is 1. The molecule has 2 rings (SSSR count). The number of nitrogens with one attached hydrogen (secondary N) is 1. The summed E-state index contributed by atoms with van der Waals surface area (Å²) in [5, 5.41) is 5.92. The molecule has 0 aliphatic carbocycles. The second-order valence-electron chi connectivity index (χ2n) is 3.58. The number of hydrogen-bond acceptors (Lipinski definition) is 4. The summed E-state index contributed by atoms with van der Waals surface area (Å²) in [6.07, 6.45) is 0. The zero-order chi connectivity index (χ0) is 12.3. The fourth-order valence-electron chi connectivity index (χ4n) is 1.42. The van der Waals surface area contributed by atoms with Gasteiger partial charge in [-0.3, -0.25) is 0 Å². The SMILES string of the molecule is COc1ccc(F)c(NCc2nc(C)cs2)c1. The molecule has 0 aliphatic rings. The summed E-state index contributed by atoms with van der Waals surface area (Å²) in [7, 11) is 1.56. The molecular weight excluding hydrogens is 239 g/mol. The number of nitrogens with zero attached hydrogens (tertiary/aromatic N) is 1. The highest BCUT2D eigenvalue weighted by Gasteiger charge is 2.05. The van der Waals surface area contributed by atoms with Gasteiger partial charge in [0.2, 0.25) is 0 Å². The minimum atomic E-state index is -0.293. The first-order chi connectivity index (χ1) is 8.19. The Morgan fingerprint density at radius 2 is 2.29 bits per heavy atom. The minimum absolute atomic E-state index is 0.293. The summed E-state index contributed by atoms with van der Waals surface area (Å²) < 4.78 is 18.5. The van der Waals surface area contributed by atoms with Crippen molar-refractivity contribution in [3.63, 3.8) is 0 Å². The smallest absolute Gasteiger partial charge is 0.146 e. The highest BCUT2D eigenvalue weighted by atomic mass is 32.1. The van der Waals surface area contributed by atoms with Crippen LogP contribution in [0.15, 0.2) is 23.6 Å². The summed E-state index contributed by atoms with van der Waals surface area (Å²) in [5.74, 6) is 0.336. The molecule has 0 saturated heterocycles. The van der Waals surface area contributed by atoms with E-state index in [1.165, 1.54) is 6.07 Å². The predicted octanol–water partition coefficient (Wildman–Crippen LogP) is 3.21. The number of anilines is 1. The molecule has 0 radical (unpaired) electrons. The fourth-order valence-corrected chi connectivity index (χ4v) is 2.13. The van der Waals surface area contributed by atoms with Crippen LogP contribution < -0.4 is 10.1 Å². The van der Waals surface area contributed by atoms with Gasteiger partial charge in [0.1, 0.15) is 16.6 Å². The van der Waals surface area contributed by atoms with Gasteiger partial charge in [0, 0.05) is 17.1 Å². The number of hydrogen-bond donors (Lipinski definition) is 1. The van der Waals surface area contributed by atoms with Crippen molar-refractivity contribution in [1.29, 1.82) is 0 Å². The highest BCUT2D eigenvalue weighted by molar-refractivity contribution is 7.09. The van der Waals surface area contributed by atoms with Crippen LogP contribution in [-0.2, 0) is 6.54 Å². The van der Waals surface area contributed by atoms with Crippen molar-refractivity contribution in [3.8, 4) is 5.75 Å². The van der Waals surface area contributed by atoms with E-state index in [4.69, 9.17) is 4.74 Å². The van der Waals surface area contributed by atoms with Gasteiger partial charge in [-0.05, 0) is 19.1 Å². The van der Waals surface area contributed by atoms with Crippen LogP contribution in [0.5, 0.6) is 5.75 Å². The van der Waals surface area contributed by atoms with E-state index in [0.717, 1.165) is 10.7 Å². The van der Waals surface area contributed by atoms with Crippen LogP contribution in [0, 0.1) is 12.7 Å². The van der Waals surface area contributed by atoms with Gasteiger partial charge in [0.15, 0.2) is 0 Å². The van der Waals surface area contributed by atoms with Crippen LogP contribution in [0.1, 0.15) is 10.7 Å². The molecule has 0 saturated carbocycles. The number of halogens is 1. The lowest BCUT2D eigenvalue weighted by Crippen LogP contribution is -2.01. The Hall–Kier alpha value is -1.62. The van der Waals surface area contributed by atoms with Crippen molar-refractivity contribution in [1.82, 2.24) is 4.98 Å². The average Bonchev–Trinajstić information content (AvgIpc) is 2.74. The predicted molar refractivity (Wildman–Crippen MR) is 67.1 cm³/mol. The van der Waals surface area contributed by atoms with Crippen molar-refractivity contribution in [3.05, 3.63) is 40.1 Å². The van der Waals surface area contributed by atoms with Crippen LogP contribution >= 0.6 is 11.3 Å². The zero-order valence-electron chi connectivity index (χ0n) is 9.66. The van der Waals surface area contributed by atoms with Gasteiger partial charge in [-0.1, -0.05) is 0 Å². The van der Waals surface area contributed by atoms with E-state index in [1.807, 2.05) is 12.3 Å². The van der Waals surface area contributed by atoms with Crippen molar-refractivity contribution < 1.29 is 9.13 Å². The number of benzene rings is 1. The molecule has 0 fully saturated rings. The van der Waals surface area contributed by atoms with E-state index >= 15 is 0 Å². The first-order valence-corrected chi connectivity index (χ1v) is 6.05. The third-order valence-electron chi connectivity index (χ3n) is 2.27. The Labute approximate surface area is 103 Å². The van der Waals surface area contributed by atoms with Crippen LogP contribution in [0.3, 0.4) is 0 Å². The van der Waals surface area contributed by atoms with Crippen molar-refractivity contribution in [2.75, 3.05) is 12.4 Å². The molecule has 0 unspecified atom stereocenters. The second-order valence-corrected chi connectivity index (χ2v) is 4.52. The van der Waals surface area contributed by atoms with Gasteiger partial charge < -0.3 is 10.1 Å². The Morgan fingerprint density at radius 1 is 1.47 bits per heavy atom. The third-order valence-corrected chi connectivity index (χ3v) is 3.24. The van der Waals surface area contributed by atoms with E-state index in [2.05, 4.69) is 10.3 Å². The summed E-state index contributed by atoms with van der Waals surface area (Å²) >= 11 is 1.56. The lowest BCUT2D eigenvalue weighted by molar-refractivity contribution is 0.414. The van der Waals surface area contributed by atoms with Gasteiger partial charge >= 0.3 is 0 Å². The minimum Gasteiger partial charge on any atom is -0.497 e. The Kier molecular flexibility index (Phi) is 3.58. The quantitative estimate of drug-likeness (QED) is 0.907. The molecule has 1 aromatic heterocycles. The molecule has 0 aliphatic heterocycles. The maximum absolute atomic E-state index is 13.5. The number of methoxy groups -OCH3 is 1. The molecule has 1 N–H and O–H groups in total. The summed E-state index contributed by atoms with van der Waals surface area (Å²) in [6, 6.07) is 4.61. The van der Waals surface area contributed by atoms with Gasteiger partial charge in [-0.25, -0.2) is 9.37 Å². The molecule has 1 aromatic carbocycles. The molecule has 3 nitrogen and oxygen atoms in total. The van der Waals surface area contributed by atoms with E-state index < -0.39 is 0 Å². The maximum atomic E-state index is 13.5. The molecule has 0 bridgehead atoms. The standard InChI is InChI=1S/C12H13FN2OS/c1-8-7-17-12(15-8)6-14-11-5-9(16-2)3-4-10(11)13/h3-5,7,14H,6H2,1-2H3. The van der Waals surface area contributed by atoms with E-state index in [0.29, 0.717) is 18.0 Å². The van der Waals surface area contributed by atoms with Crippen molar-refractivity contribution in [2.45, 2.75) is 13.5 Å². The van der Waals surface area contributed by atoms with Gasteiger partial charge in [-0.2, -0.15) is 0 Å². The molecule has 2 aromatic rings. The zero-order valence-corrected chi connectivity index (χ0v) is 10.5. The fraction of sp³-hybridized carbons (Fsp3) is 0.250. The van der Waals surface area contributed by atoms with Gasteiger partial charge in [0.05, 0.1) is 19.3 Å². The van der Waals surface area contributed by atoms with Crippen LogP contribution in [0.2, 0.25) is 0 Å². The normalized spacial score (nSPS) is 10.3. The summed E-state index contributed by atoms with van der Waals surface area (Å²) in [5.41, 5.74) is 1.41. The van der Waals surface area contributed by atoms with E-state index in [1.54, 1.807) is 30.6 Å². The van der Waals surface area contributed by atoms with Crippen LogP contribution in [-0.4, -0.2) is 12.1 Å².